The highest BCUT2D eigenvalue weighted by Gasteiger charge is 1.93. The fourth-order valence-corrected chi connectivity index (χ4v) is 1.27. The smallest absolute Gasteiger partial charge is 0.123 e. The zero-order valence-corrected chi connectivity index (χ0v) is 7.86. The number of aldehydes is 1. The Morgan fingerprint density at radius 3 is 2.77 bits per heavy atom. The first-order chi connectivity index (χ1) is 6.38. The maximum absolute atomic E-state index is 10.1. The van der Waals surface area contributed by atoms with Crippen LogP contribution in [0.3, 0.4) is 0 Å². The van der Waals surface area contributed by atoms with E-state index >= 15 is 0 Å². The molecule has 0 saturated heterocycles. The SMILES string of the molecule is CCc1ccccc1C=CCC=O. The molecule has 0 aliphatic carbocycles. The van der Waals surface area contributed by atoms with Gasteiger partial charge in [-0.3, -0.25) is 0 Å². The van der Waals surface area contributed by atoms with Gasteiger partial charge in [0.2, 0.25) is 0 Å². The number of allylic oxidation sites excluding steroid dienone is 1. The van der Waals surface area contributed by atoms with Crippen LogP contribution in [0.4, 0.5) is 0 Å². The molecule has 1 rings (SSSR count). The Bertz CT molecular complexity index is 300. The molecule has 0 aliphatic rings. The summed E-state index contributed by atoms with van der Waals surface area (Å²) in [4.78, 5) is 10.1. The molecule has 0 fully saturated rings. The van der Waals surface area contributed by atoms with Crippen molar-refractivity contribution < 1.29 is 4.79 Å². The van der Waals surface area contributed by atoms with Crippen LogP contribution >= 0.6 is 0 Å². The topological polar surface area (TPSA) is 17.1 Å². The van der Waals surface area contributed by atoms with Crippen molar-refractivity contribution in [1.29, 1.82) is 0 Å². The highest BCUT2D eigenvalue weighted by atomic mass is 16.1. The zero-order chi connectivity index (χ0) is 9.52. The third kappa shape index (κ3) is 2.86. The molecule has 0 heterocycles. The fraction of sp³-hybridized carbons (Fsp3) is 0.250. The molecule has 1 aromatic rings. The summed E-state index contributed by atoms with van der Waals surface area (Å²) < 4.78 is 0. The molecule has 0 N–H and O–H groups in total. The van der Waals surface area contributed by atoms with Crippen molar-refractivity contribution in [2.24, 2.45) is 0 Å². The lowest BCUT2D eigenvalue weighted by Crippen LogP contribution is -1.84. The number of hydrogen-bond donors (Lipinski definition) is 0. The Balaban J connectivity index is 2.80. The molecule has 0 bridgehead atoms. The minimum atomic E-state index is 0.498. The fourth-order valence-electron chi connectivity index (χ4n) is 1.27. The molecule has 1 heteroatoms. The first-order valence-electron chi connectivity index (χ1n) is 4.56. The lowest BCUT2D eigenvalue weighted by atomic mass is 10.0. The van der Waals surface area contributed by atoms with Crippen LogP contribution in [0.25, 0.3) is 6.08 Å². The van der Waals surface area contributed by atoms with Gasteiger partial charge in [0, 0.05) is 6.42 Å². The van der Waals surface area contributed by atoms with Crippen molar-refractivity contribution in [3.8, 4) is 0 Å². The molecule has 0 spiro atoms. The molecule has 0 amide bonds. The Morgan fingerprint density at radius 1 is 1.31 bits per heavy atom. The Hall–Kier alpha value is -1.37. The van der Waals surface area contributed by atoms with Crippen LogP contribution in [0.15, 0.2) is 30.3 Å². The molecular formula is C12H14O. The van der Waals surface area contributed by atoms with Crippen molar-refractivity contribution in [2.45, 2.75) is 19.8 Å². The maximum atomic E-state index is 10.1. The van der Waals surface area contributed by atoms with Gasteiger partial charge < -0.3 is 4.79 Å². The number of hydrogen-bond acceptors (Lipinski definition) is 1. The first kappa shape index (κ1) is 9.72. The predicted molar refractivity (Wildman–Crippen MR) is 55.5 cm³/mol. The van der Waals surface area contributed by atoms with Gasteiger partial charge in [0.05, 0.1) is 0 Å². The van der Waals surface area contributed by atoms with Gasteiger partial charge in [0.25, 0.3) is 0 Å². The van der Waals surface area contributed by atoms with E-state index in [0.29, 0.717) is 6.42 Å². The van der Waals surface area contributed by atoms with Crippen LogP contribution in [0.2, 0.25) is 0 Å². The second kappa shape index (κ2) is 5.31. The highest BCUT2D eigenvalue weighted by molar-refractivity contribution is 5.59. The van der Waals surface area contributed by atoms with E-state index in [-0.39, 0.29) is 0 Å². The van der Waals surface area contributed by atoms with Crippen LogP contribution < -0.4 is 0 Å². The average Bonchev–Trinajstić information content (AvgIpc) is 2.19. The monoisotopic (exact) mass is 174 g/mol. The predicted octanol–water partition coefficient (Wildman–Crippen LogP) is 2.85. The Labute approximate surface area is 79.1 Å². The van der Waals surface area contributed by atoms with Crippen molar-refractivity contribution in [3.63, 3.8) is 0 Å². The summed E-state index contributed by atoms with van der Waals surface area (Å²) >= 11 is 0. The third-order valence-electron chi connectivity index (χ3n) is 1.97. The van der Waals surface area contributed by atoms with E-state index < -0.39 is 0 Å². The number of aryl methyl sites for hydroxylation is 1. The molecule has 0 unspecified atom stereocenters. The largest absolute Gasteiger partial charge is 0.303 e. The standard InChI is InChI=1S/C12H14O/c1-2-11-7-3-4-8-12(11)9-5-6-10-13/h3-5,7-10H,2,6H2,1H3. The quantitative estimate of drug-likeness (QED) is 0.641. The van der Waals surface area contributed by atoms with Gasteiger partial charge in [-0.2, -0.15) is 0 Å². The van der Waals surface area contributed by atoms with Crippen LogP contribution in [0, 0.1) is 0 Å². The van der Waals surface area contributed by atoms with E-state index in [1.54, 1.807) is 0 Å². The van der Waals surface area contributed by atoms with E-state index in [4.69, 9.17) is 0 Å². The molecule has 0 aliphatic heterocycles. The third-order valence-corrected chi connectivity index (χ3v) is 1.97. The molecule has 0 radical (unpaired) electrons. The van der Waals surface area contributed by atoms with Gasteiger partial charge >= 0.3 is 0 Å². The van der Waals surface area contributed by atoms with E-state index in [0.717, 1.165) is 12.7 Å². The van der Waals surface area contributed by atoms with Gasteiger partial charge in [0.15, 0.2) is 0 Å². The Morgan fingerprint density at radius 2 is 2.08 bits per heavy atom. The molecule has 13 heavy (non-hydrogen) atoms. The second-order valence-electron chi connectivity index (χ2n) is 2.86. The lowest BCUT2D eigenvalue weighted by molar-refractivity contribution is -0.107. The molecular weight excluding hydrogens is 160 g/mol. The summed E-state index contributed by atoms with van der Waals surface area (Å²) in [6, 6.07) is 8.23. The minimum absolute atomic E-state index is 0.498. The number of benzene rings is 1. The molecule has 0 saturated carbocycles. The zero-order valence-electron chi connectivity index (χ0n) is 7.86. The van der Waals surface area contributed by atoms with Crippen LogP contribution in [0.5, 0.6) is 0 Å². The second-order valence-corrected chi connectivity index (χ2v) is 2.86. The summed E-state index contributed by atoms with van der Waals surface area (Å²) in [5.74, 6) is 0. The summed E-state index contributed by atoms with van der Waals surface area (Å²) in [6.07, 6.45) is 6.33. The number of carbonyl (C=O) groups is 1. The minimum Gasteiger partial charge on any atom is -0.303 e. The average molecular weight is 174 g/mol. The first-order valence-corrected chi connectivity index (χ1v) is 4.56. The van der Waals surface area contributed by atoms with E-state index in [9.17, 15) is 4.79 Å². The molecule has 0 aromatic heterocycles. The summed E-state index contributed by atoms with van der Waals surface area (Å²) in [6.45, 7) is 2.13. The van der Waals surface area contributed by atoms with E-state index in [1.165, 1.54) is 11.1 Å². The summed E-state index contributed by atoms with van der Waals surface area (Å²) in [5, 5.41) is 0. The lowest BCUT2D eigenvalue weighted by Gasteiger charge is -2.00. The molecule has 0 atom stereocenters. The van der Waals surface area contributed by atoms with Gasteiger partial charge in [-0.15, -0.1) is 0 Å². The van der Waals surface area contributed by atoms with Gasteiger partial charge in [-0.1, -0.05) is 43.3 Å². The number of rotatable bonds is 4. The van der Waals surface area contributed by atoms with Crippen molar-refractivity contribution in [2.75, 3.05) is 0 Å². The summed E-state index contributed by atoms with van der Waals surface area (Å²) in [7, 11) is 0. The van der Waals surface area contributed by atoms with Crippen molar-refractivity contribution in [1.82, 2.24) is 0 Å². The van der Waals surface area contributed by atoms with Gasteiger partial charge in [-0.05, 0) is 17.5 Å². The number of carbonyl (C=O) groups excluding carboxylic acids is 1. The Kier molecular flexibility index (Phi) is 3.97. The van der Waals surface area contributed by atoms with Crippen LogP contribution in [-0.2, 0) is 11.2 Å². The van der Waals surface area contributed by atoms with E-state index in [2.05, 4.69) is 19.1 Å². The van der Waals surface area contributed by atoms with Crippen LogP contribution in [0.1, 0.15) is 24.5 Å². The van der Waals surface area contributed by atoms with Gasteiger partial charge in [0.1, 0.15) is 6.29 Å². The molecule has 68 valence electrons. The summed E-state index contributed by atoms with van der Waals surface area (Å²) in [5.41, 5.74) is 2.54. The van der Waals surface area contributed by atoms with Crippen LogP contribution in [-0.4, -0.2) is 6.29 Å². The van der Waals surface area contributed by atoms with Gasteiger partial charge in [-0.25, -0.2) is 0 Å². The normalized spacial score (nSPS) is 10.5. The van der Waals surface area contributed by atoms with Crippen molar-refractivity contribution in [3.05, 3.63) is 41.5 Å². The maximum Gasteiger partial charge on any atom is 0.123 e. The molecule has 1 nitrogen and oxygen atoms in total. The van der Waals surface area contributed by atoms with E-state index in [1.807, 2.05) is 24.3 Å². The highest BCUT2D eigenvalue weighted by Crippen LogP contribution is 2.11. The van der Waals surface area contributed by atoms with Crippen molar-refractivity contribution >= 4 is 12.4 Å². The molecule has 1 aromatic carbocycles.